The summed E-state index contributed by atoms with van der Waals surface area (Å²) in [5.74, 6) is 3.31. The van der Waals surface area contributed by atoms with Crippen molar-refractivity contribution in [3.05, 3.63) is 132 Å². The third-order valence-corrected chi connectivity index (χ3v) is 11.8. The zero-order chi connectivity index (χ0) is 29.0. The quantitative estimate of drug-likeness (QED) is 0.208. The van der Waals surface area contributed by atoms with Gasteiger partial charge >= 0.3 is 0 Å². The summed E-state index contributed by atoms with van der Waals surface area (Å²) in [6, 6.07) is 44.6. The van der Waals surface area contributed by atoms with Crippen molar-refractivity contribution in [1.82, 2.24) is 4.57 Å². The molecule has 0 unspecified atom stereocenters. The first-order valence-corrected chi connectivity index (χ1v) is 16.3. The minimum absolute atomic E-state index is 0.114. The molecule has 1 aliphatic heterocycles. The summed E-state index contributed by atoms with van der Waals surface area (Å²) < 4.78 is 2.30. The molecule has 4 fully saturated rings. The van der Waals surface area contributed by atoms with Crippen LogP contribution in [0.2, 0.25) is 0 Å². The fourth-order valence-electron chi connectivity index (χ4n) is 10.5. The maximum Gasteiger partial charge on any atom is 0.0992 e. The van der Waals surface area contributed by atoms with Crippen molar-refractivity contribution in [2.75, 3.05) is 4.90 Å². The number of para-hydroxylation sites is 3. The number of aromatic nitrogens is 1. The highest BCUT2D eigenvalue weighted by molar-refractivity contribution is 6.11. The van der Waals surface area contributed by atoms with Gasteiger partial charge in [0.25, 0.3) is 0 Å². The van der Waals surface area contributed by atoms with Gasteiger partial charge in [0.05, 0.1) is 34.0 Å². The molecule has 0 radical (unpaired) electrons. The van der Waals surface area contributed by atoms with Crippen LogP contribution in [0.1, 0.15) is 48.8 Å². The van der Waals surface area contributed by atoms with Crippen LogP contribution in [0.3, 0.4) is 0 Å². The van der Waals surface area contributed by atoms with E-state index in [-0.39, 0.29) is 5.41 Å². The normalized spacial score (nSPS) is 24.0. The Morgan fingerprint density at radius 3 is 1.91 bits per heavy atom. The number of hydrogen-bond acceptors (Lipinski definition) is 2. The number of nitriles is 1. The van der Waals surface area contributed by atoms with Gasteiger partial charge in [0.1, 0.15) is 0 Å². The molecule has 4 aliphatic carbocycles. The van der Waals surface area contributed by atoms with E-state index in [1.54, 1.807) is 11.1 Å². The molecule has 0 N–H and O–H groups in total. The largest absolute Gasteiger partial charge is 0.310 e. The van der Waals surface area contributed by atoms with E-state index in [1.807, 2.05) is 18.2 Å². The third-order valence-electron chi connectivity index (χ3n) is 11.8. The SMILES string of the molecule is N#Cc1cccc(-n2c3ccccc3c3cc(N4c5ccccc5C5(c6ccccc64)C4CC6CC(C4)CC5C6)ccc32)c1. The van der Waals surface area contributed by atoms with Crippen LogP contribution < -0.4 is 4.90 Å². The zero-order valence-electron chi connectivity index (χ0n) is 24.7. The Morgan fingerprint density at radius 2 is 1.20 bits per heavy atom. The van der Waals surface area contributed by atoms with Crippen molar-refractivity contribution in [3.8, 4) is 11.8 Å². The molecule has 4 bridgehead atoms. The Labute approximate surface area is 258 Å². The van der Waals surface area contributed by atoms with Crippen LogP contribution in [-0.4, -0.2) is 4.57 Å². The van der Waals surface area contributed by atoms with Crippen molar-refractivity contribution < 1.29 is 0 Å². The molecule has 1 spiro atoms. The average Bonchev–Trinajstić information content (AvgIpc) is 3.40. The first-order chi connectivity index (χ1) is 21.7. The lowest BCUT2D eigenvalue weighted by Crippen LogP contribution is -2.57. The minimum atomic E-state index is 0.114. The van der Waals surface area contributed by atoms with E-state index >= 15 is 0 Å². The van der Waals surface area contributed by atoms with Crippen LogP contribution in [0.15, 0.2) is 115 Å². The van der Waals surface area contributed by atoms with Crippen molar-refractivity contribution >= 4 is 38.9 Å². The van der Waals surface area contributed by atoms with Gasteiger partial charge in [-0.2, -0.15) is 5.26 Å². The summed E-state index contributed by atoms with van der Waals surface area (Å²) in [7, 11) is 0. The van der Waals surface area contributed by atoms with Crippen LogP contribution in [0.5, 0.6) is 0 Å². The maximum atomic E-state index is 9.62. The van der Waals surface area contributed by atoms with Crippen LogP contribution in [-0.2, 0) is 5.41 Å². The van der Waals surface area contributed by atoms with Gasteiger partial charge in [-0.05, 0) is 121 Å². The maximum absolute atomic E-state index is 9.62. The molecule has 6 aromatic rings. The molecule has 44 heavy (non-hydrogen) atoms. The van der Waals surface area contributed by atoms with E-state index in [0.29, 0.717) is 5.56 Å². The molecule has 4 saturated carbocycles. The number of benzene rings is 5. The van der Waals surface area contributed by atoms with Crippen LogP contribution in [0, 0.1) is 35.0 Å². The van der Waals surface area contributed by atoms with Gasteiger partial charge in [-0.15, -0.1) is 0 Å². The molecule has 5 aliphatic rings. The first-order valence-electron chi connectivity index (χ1n) is 16.3. The van der Waals surface area contributed by atoms with Crippen molar-refractivity contribution in [3.63, 3.8) is 0 Å². The lowest BCUT2D eigenvalue weighted by Gasteiger charge is -2.64. The molecule has 3 heteroatoms. The molecule has 0 saturated heterocycles. The van der Waals surface area contributed by atoms with E-state index in [4.69, 9.17) is 0 Å². The molecule has 3 nitrogen and oxygen atoms in total. The minimum Gasteiger partial charge on any atom is -0.310 e. The van der Waals surface area contributed by atoms with Gasteiger partial charge in [0.15, 0.2) is 0 Å². The highest BCUT2D eigenvalue weighted by Gasteiger charge is 2.61. The van der Waals surface area contributed by atoms with Crippen LogP contribution in [0.4, 0.5) is 17.1 Å². The van der Waals surface area contributed by atoms with Gasteiger partial charge < -0.3 is 9.47 Å². The summed E-state index contributed by atoms with van der Waals surface area (Å²) in [5, 5.41) is 12.1. The summed E-state index contributed by atoms with van der Waals surface area (Å²) in [4.78, 5) is 2.54. The lowest BCUT2D eigenvalue weighted by molar-refractivity contribution is -0.0419. The number of rotatable bonds is 2. The number of hydrogen-bond donors (Lipinski definition) is 0. The number of anilines is 3. The van der Waals surface area contributed by atoms with Gasteiger partial charge in [-0.1, -0.05) is 60.7 Å². The Balaban J connectivity index is 1.21. The molecule has 212 valence electrons. The highest BCUT2D eigenvalue weighted by Crippen LogP contribution is 2.69. The predicted molar refractivity (Wildman–Crippen MR) is 178 cm³/mol. The molecule has 2 heterocycles. The van der Waals surface area contributed by atoms with E-state index in [1.165, 1.54) is 59.9 Å². The summed E-state index contributed by atoms with van der Waals surface area (Å²) in [5.41, 5.74) is 11.1. The smallest absolute Gasteiger partial charge is 0.0992 e. The predicted octanol–water partition coefficient (Wildman–Crippen LogP) is 10.2. The van der Waals surface area contributed by atoms with E-state index in [2.05, 4.69) is 113 Å². The fourth-order valence-corrected chi connectivity index (χ4v) is 10.5. The monoisotopic (exact) mass is 567 g/mol. The van der Waals surface area contributed by atoms with Crippen LogP contribution >= 0.6 is 0 Å². The second-order valence-electron chi connectivity index (χ2n) is 13.8. The van der Waals surface area contributed by atoms with Crippen molar-refractivity contribution in [2.24, 2.45) is 23.7 Å². The second kappa shape index (κ2) is 8.87. The molecular formula is C41H33N3. The average molecular weight is 568 g/mol. The first kappa shape index (κ1) is 24.6. The Kier molecular flexibility index (Phi) is 4.96. The standard InChI is InChI=1S/C41H33N3/c42-25-26-8-7-9-31(23-26)43-37-13-4-1-10-33(37)34-24-32(16-17-38(34)43)44-39-14-5-2-11-35(39)41(36-12-3-6-15-40(36)44)29-19-27-18-28(21-29)22-30(41)20-27/h1-17,23-24,27-30H,18-22H2. The van der Waals surface area contributed by atoms with E-state index in [9.17, 15) is 5.26 Å². The molecular weight excluding hydrogens is 534 g/mol. The summed E-state index contributed by atoms with van der Waals surface area (Å²) in [6.07, 6.45) is 7.00. The van der Waals surface area contributed by atoms with Crippen LogP contribution in [0.25, 0.3) is 27.5 Å². The van der Waals surface area contributed by atoms with E-state index < -0.39 is 0 Å². The Hall–Kier alpha value is -4.81. The second-order valence-corrected chi connectivity index (χ2v) is 13.8. The van der Waals surface area contributed by atoms with Gasteiger partial charge in [0.2, 0.25) is 0 Å². The number of nitrogens with zero attached hydrogens (tertiary/aromatic N) is 3. The zero-order valence-corrected chi connectivity index (χ0v) is 24.7. The highest BCUT2D eigenvalue weighted by atomic mass is 15.2. The molecule has 5 aromatic carbocycles. The fraction of sp³-hybridized carbons (Fsp3) is 0.244. The van der Waals surface area contributed by atoms with Gasteiger partial charge in [0, 0.05) is 27.6 Å². The van der Waals surface area contributed by atoms with Gasteiger partial charge in [-0.3, -0.25) is 0 Å². The Morgan fingerprint density at radius 1 is 0.568 bits per heavy atom. The Bertz CT molecular complexity index is 2100. The molecule has 1 aromatic heterocycles. The summed E-state index contributed by atoms with van der Waals surface area (Å²) in [6.45, 7) is 0. The summed E-state index contributed by atoms with van der Waals surface area (Å²) >= 11 is 0. The third kappa shape index (κ3) is 3.11. The molecule has 0 atom stereocenters. The van der Waals surface area contributed by atoms with Gasteiger partial charge in [-0.25, -0.2) is 0 Å². The molecule has 0 amide bonds. The van der Waals surface area contributed by atoms with Crippen molar-refractivity contribution in [2.45, 2.75) is 37.5 Å². The van der Waals surface area contributed by atoms with Crippen molar-refractivity contribution in [1.29, 1.82) is 5.26 Å². The topological polar surface area (TPSA) is 32.0 Å². The number of fused-ring (bicyclic) bond motifs is 5. The van der Waals surface area contributed by atoms with E-state index in [0.717, 1.165) is 40.4 Å². The lowest BCUT2D eigenvalue weighted by atomic mass is 9.41. The molecule has 11 rings (SSSR count).